The first-order chi connectivity index (χ1) is 12.2. The second-order valence-corrected chi connectivity index (χ2v) is 9.70. The molecule has 8 atom stereocenters. The molecule has 144 valence electrons. The maximum absolute atomic E-state index is 11.2. The fourth-order valence-electron chi connectivity index (χ4n) is 6.99. The monoisotopic (exact) mass is 359 g/mol. The normalized spacial score (nSPS) is 47.6. The number of hydrogen-bond donors (Lipinski definition) is 2. The van der Waals surface area contributed by atoms with E-state index in [9.17, 15) is 10.2 Å². The van der Waals surface area contributed by atoms with Gasteiger partial charge in [-0.1, -0.05) is 44.5 Å². The van der Waals surface area contributed by atoms with Gasteiger partial charge in [0.05, 0.1) is 17.9 Å². The van der Waals surface area contributed by atoms with Crippen molar-refractivity contribution in [3.63, 3.8) is 0 Å². The van der Waals surface area contributed by atoms with E-state index in [0.717, 1.165) is 31.4 Å². The first-order valence-corrected chi connectivity index (χ1v) is 10.2. The summed E-state index contributed by atoms with van der Waals surface area (Å²) < 4.78 is 5.22. The summed E-state index contributed by atoms with van der Waals surface area (Å²) >= 11 is 0. The maximum Gasteiger partial charge on any atom is 0.127 e. The standard InChI is InChI=1S/C22H33NO3/c1-6-14-18-15(7-8-21(14,4)12(2)3)22(5)10-13-11-26-23-17(13)9-16(22)19(24)20(18)25/h11,14-16,18-20,24-25H,2,6-10H2,1,3-5H3/t14?,15?,16?,18?,19-,20-,21-,22-/m1/s1. The number of nitrogens with zero attached hydrogens (tertiary/aromatic N) is 1. The Hall–Kier alpha value is -1.13. The molecular weight excluding hydrogens is 326 g/mol. The molecule has 0 saturated heterocycles. The topological polar surface area (TPSA) is 66.5 Å². The fraction of sp³-hybridized carbons (Fsp3) is 0.773. The molecule has 4 heteroatoms. The number of hydrogen-bond acceptors (Lipinski definition) is 4. The van der Waals surface area contributed by atoms with Crippen LogP contribution >= 0.6 is 0 Å². The molecule has 2 fully saturated rings. The van der Waals surface area contributed by atoms with Crippen molar-refractivity contribution in [3.8, 4) is 0 Å². The zero-order chi connectivity index (χ0) is 18.9. The van der Waals surface area contributed by atoms with Crippen LogP contribution in [-0.4, -0.2) is 27.6 Å². The molecule has 0 spiro atoms. The number of fused-ring (bicyclic) bond motifs is 4. The number of allylic oxidation sites excluding steroid dienone is 1. The molecule has 4 nitrogen and oxygen atoms in total. The van der Waals surface area contributed by atoms with Crippen molar-refractivity contribution < 1.29 is 14.7 Å². The lowest BCUT2D eigenvalue weighted by molar-refractivity contribution is -0.204. The highest BCUT2D eigenvalue weighted by Gasteiger charge is 2.62. The maximum atomic E-state index is 11.2. The molecule has 3 aliphatic carbocycles. The first kappa shape index (κ1) is 18.2. The van der Waals surface area contributed by atoms with Gasteiger partial charge in [0.2, 0.25) is 0 Å². The predicted molar refractivity (Wildman–Crippen MR) is 100 cm³/mol. The fourth-order valence-corrected chi connectivity index (χ4v) is 6.99. The summed E-state index contributed by atoms with van der Waals surface area (Å²) in [5, 5.41) is 26.5. The van der Waals surface area contributed by atoms with E-state index >= 15 is 0 Å². The van der Waals surface area contributed by atoms with Crippen LogP contribution in [0.2, 0.25) is 0 Å². The van der Waals surface area contributed by atoms with Crippen molar-refractivity contribution in [1.29, 1.82) is 0 Å². The van der Waals surface area contributed by atoms with Gasteiger partial charge in [0.25, 0.3) is 0 Å². The summed E-state index contributed by atoms with van der Waals surface area (Å²) in [5.41, 5.74) is 3.38. The lowest BCUT2D eigenvalue weighted by Crippen LogP contribution is -2.64. The van der Waals surface area contributed by atoms with Gasteiger partial charge in [-0.15, -0.1) is 0 Å². The Morgan fingerprint density at radius 3 is 2.69 bits per heavy atom. The highest BCUT2D eigenvalue weighted by Crippen LogP contribution is 2.63. The summed E-state index contributed by atoms with van der Waals surface area (Å²) in [5.74, 6) is 0.924. The van der Waals surface area contributed by atoms with E-state index in [2.05, 4.69) is 39.4 Å². The van der Waals surface area contributed by atoms with E-state index in [4.69, 9.17) is 4.52 Å². The minimum atomic E-state index is -0.701. The van der Waals surface area contributed by atoms with E-state index < -0.39 is 12.2 Å². The number of aliphatic hydroxyl groups excluding tert-OH is 2. The van der Waals surface area contributed by atoms with Crippen molar-refractivity contribution in [2.75, 3.05) is 0 Å². The largest absolute Gasteiger partial charge is 0.390 e. The van der Waals surface area contributed by atoms with Gasteiger partial charge in [0.1, 0.15) is 6.26 Å². The van der Waals surface area contributed by atoms with Gasteiger partial charge in [-0.3, -0.25) is 0 Å². The average molecular weight is 360 g/mol. The summed E-state index contributed by atoms with van der Waals surface area (Å²) in [7, 11) is 0. The molecule has 2 saturated carbocycles. The Labute approximate surface area is 156 Å². The first-order valence-electron chi connectivity index (χ1n) is 10.2. The molecule has 3 aliphatic rings. The average Bonchev–Trinajstić information content (AvgIpc) is 3.04. The summed E-state index contributed by atoms with van der Waals surface area (Å²) in [6.45, 7) is 13.3. The van der Waals surface area contributed by atoms with E-state index in [1.807, 2.05) is 0 Å². The third kappa shape index (κ3) is 2.24. The molecule has 4 unspecified atom stereocenters. The lowest BCUT2D eigenvalue weighted by Gasteiger charge is -2.63. The van der Waals surface area contributed by atoms with Crippen molar-refractivity contribution in [2.24, 2.45) is 34.5 Å². The van der Waals surface area contributed by atoms with Crippen LogP contribution in [0.5, 0.6) is 0 Å². The summed E-state index contributed by atoms with van der Waals surface area (Å²) in [4.78, 5) is 0. The molecule has 2 N–H and O–H groups in total. The van der Waals surface area contributed by atoms with Gasteiger partial charge in [0, 0.05) is 5.56 Å². The van der Waals surface area contributed by atoms with Gasteiger partial charge >= 0.3 is 0 Å². The quantitative estimate of drug-likeness (QED) is 0.789. The number of aromatic nitrogens is 1. The summed E-state index contributed by atoms with van der Waals surface area (Å²) in [6.07, 6.45) is 5.21. The highest BCUT2D eigenvalue weighted by molar-refractivity contribution is 5.27. The molecule has 1 aromatic heterocycles. The third-order valence-corrected chi connectivity index (χ3v) is 8.70. The molecule has 0 radical (unpaired) electrons. The van der Waals surface area contributed by atoms with Gasteiger partial charge < -0.3 is 14.7 Å². The molecule has 1 aromatic rings. The second-order valence-electron chi connectivity index (χ2n) is 9.70. The van der Waals surface area contributed by atoms with Crippen LogP contribution in [0.25, 0.3) is 0 Å². The highest BCUT2D eigenvalue weighted by atomic mass is 16.5. The zero-order valence-electron chi connectivity index (χ0n) is 16.5. The minimum absolute atomic E-state index is 0.0221. The summed E-state index contributed by atoms with van der Waals surface area (Å²) in [6, 6.07) is 0. The van der Waals surface area contributed by atoms with Crippen LogP contribution in [0.3, 0.4) is 0 Å². The molecule has 4 rings (SSSR count). The van der Waals surface area contributed by atoms with Gasteiger partial charge in [-0.25, -0.2) is 0 Å². The Kier molecular flexibility index (Phi) is 4.16. The van der Waals surface area contributed by atoms with E-state index in [1.54, 1.807) is 6.26 Å². The van der Waals surface area contributed by atoms with Crippen LogP contribution in [0.1, 0.15) is 58.2 Å². The van der Waals surface area contributed by atoms with Gasteiger partial charge in [0.15, 0.2) is 0 Å². The Morgan fingerprint density at radius 2 is 2.04 bits per heavy atom. The lowest BCUT2D eigenvalue weighted by atomic mass is 9.42. The van der Waals surface area contributed by atoms with Crippen LogP contribution in [0.15, 0.2) is 22.9 Å². The van der Waals surface area contributed by atoms with E-state index in [1.165, 1.54) is 11.1 Å². The number of rotatable bonds is 2. The van der Waals surface area contributed by atoms with E-state index in [0.29, 0.717) is 18.3 Å². The Bertz CT molecular complexity index is 712. The Morgan fingerprint density at radius 1 is 1.31 bits per heavy atom. The van der Waals surface area contributed by atoms with Gasteiger partial charge in [-0.05, 0) is 67.1 Å². The van der Waals surface area contributed by atoms with Crippen LogP contribution in [0.4, 0.5) is 0 Å². The van der Waals surface area contributed by atoms with Crippen LogP contribution < -0.4 is 0 Å². The molecule has 1 heterocycles. The van der Waals surface area contributed by atoms with Crippen molar-refractivity contribution in [2.45, 2.75) is 72.0 Å². The second kappa shape index (κ2) is 5.93. The number of aliphatic hydroxyl groups is 2. The van der Waals surface area contributed by atoms with Gasteiger partial charge in [-0.2, -0.15) is 0 Å². The molecule has 0 aromatic carbocycles. The van der Waals surface area contributed by atoms with E-state index in [-0.39, 0.29) is 22.7 Å². The zero-order valence-corrected chi connectivity index (χ0v) is 16.5. The molecule has 0 bridgehead atoms. The third-order valence-electron chi connectivity index (χ3n) is 8.70. The van der Waals surface area contributed by atoms with Crippen molar-refractivity contribution in [3.05, 3.63) is 29.7 Å². The molecule has 0 aliphatic heterocycles. The smallest absolute Gasteiger partial charge is 0.127 e. The molecule has 0 amide bonds. The Balaban J connectivity index is 1.78. The van der Waals surface area contributed by atoms with Crippen molar-refractivity contribution >= 4 is 0 Å². The predicted octanol–water partition coefficient (Wildman–Crippen LogP) is 3.77. The van der Waals surface area contributed by atoms with Crippen molar-refractivity contribution in [1.82, 2.24) is 5.16 Å². The molecular formula is C22H33NO3. The minimum Gasteiger partial charge on any atom is -0.390 e. The SMILES string of the molecule is C=C(C)[C@@]1(C)CCC2C(C1CC)[C@@H](O)[C@H](O)C1Cc3nocc3C[C@]21C. The van der Waals surface area contributed by atoms with Crippen LogP contribution in [0, 0.1) is 34.5 Å². The van der Waals surface area contributed by atoms with Crippen LogP contribution in [-0.2, 0) is 12.8 Å². The molecule has 26 heavy (non-hydrogen) atoms.